The number of ether oxygens (including phenoxy) is 2. The van der Waals surface area contributed by atoms with Gasteiger partial charge in [-0.25, -0.2) is 18.7 Å². The summed E-state index contributed by atoms with van der Waals surface area (Å²) in [4.78, 5) is 34.9. The van der Waals surface area contributed by atoms with Crippen LogP contribution in [0.1, 0.15) is 32.4 Å². The van der Waals surface area contributed by atoms with Crippen LogP contribution in [0.15, 0.2) is 24.3 Å². The number of urea groups is 1. The van der Waals surface area contributed by atoms with Crippen molar-refractivity contribution in [2.45, 2.75) is 32.4 Å². The maximum absolute atomic E-state index is 11.9. The van der Waals surface area contributed by atoms with E-state index in [2.05, 4.69) is 18.1 Å². The lowest BCUT2D eigenvalue weighted by atomic mass is 10.1. The lowest BCUT2D eigenvalue weighted by molar-refractivity contribution is -0.143. The molecule has 1 aromatic carbocycles. The first-order valence-electron chi connectivity index (χ1n) is 7.01. The number of nitrogens with two attached hydrogens (primary N) is 1. The molecule has 0 radical (unpaired) electrons. The number of nitrogens with one attached hydrogen (secondary N) is 1. The molecule has 0 bridgehead atoms. The first kappa shape index (κ1) is 19.6. The minimum Gasteiger partial charge on any atom is -0.467 e. The van der Waals surface area contributed by atoms with Gasteiger partial charge < -0.3 is 20.5 Å². The molecule has 0 aliphatic heterocycles. The van der Waals surface area contributed by atoms with Crippen molar-refractivity contribution in [2.75, 3.05) is 11.4 Å². The molecule has 132 valence electrons. The molecular weight excluding hydrogens is 334 g/mol. The van der Waals surface area contributed by atoms with Crippen molar-refractivity contribution in [3.63, 3.8) is 0 Å². The second-order valence-corrected chi connectivity index (χ2v) is 6.24. The number of alkyl carbamates (subject to hydrolysis) is 1. The molecule has 0 aliphatic rings. The Balaban J connectivity index is 2.99. The molecule has 0 aliphatic carbocycles. The van der Waals surface area contributed by atoms with E-state index in [0.29, 0.717) is 11.3 Å². The number of rotatable bonds is 4. The second kappa shape index (κ2) is 7.91. The van der Waals surface area contributed by atoms with E-state index in [9.17, 15) is 14.4 Å². The third-order valence-corrected chi connectivity index (χ3v) is 3.21. The van der Waals surface area contributed by atoms with Crippen LogP contribution in [-0.4, -0.2) is 30.8 Å². The van der Waals surface area contributed by atoms with Gasteiger partial charge in [0, 0.05) is 0 Å². The Kier molecular flexibility index (Phi) is 6.47. The number of esters is 1. The first-order valence-corrected chi connectivity index (χ1v) is 7.41. The zero-order valence-electron chi connectivity index (χ0n) is 13.9. The first-order chi connectivity index (χ1) is 11.0. The van der Waals surface area contributed by atoms with Crippen molar-refractivity contribution in [2.24, 2.45) is 5.73 Å². The predicted molar refractivity (Wildman–Crippen MR) is 91.6 cm³/mol. The van der Waals surface area contributed by atoms with E-state index in [0.717, 1.165) is 4.31 Å². The SMILES string of the molecule is COC(=O)C(NC(=O)OC(C)(C)C)c1ccc(N(S)C(N)=O)cc1. The molecule has 1 rings (SSSR count). The van der Waals surface area contributed by atoms with Gasteiger partial charge in [-0.05, 0) is 38.5 Å². The van der Waals surface area contributed by atoms with E-state index in [-0.39, 0.29) is 0 Å². The van der Waals surface area contributed by atoms with Crippen LogP contribution < -0.4 is 15.4 Å². The quantitative estimate of drug-likeness (QED) is 0.566. The minimum atomic E-state index is -1.05. The fourth-order valence-corrected chi connectivity index (χ4v) is 1.89. The highest BCUT2D eigenvalue weighted by Gasteiger charge is 2.26. The number of nitrogens with zero attached hydrogens (tertiary/aromatic N) is 1. The molecule has 1 unspecified atom stereocenters. The summed E-state index contributed by atoms with van der Waals surface area (Å²) in [7, 11) is 1.21. The van der Waals surface area contributed by atoms with Crippen molar-refractivity contribution in [3.8, 4) is 0 Å². The second-order valence-electron chi connectivity index (χ2n) is 5.84. The highest BCUT2D eigenvalue weighted by molar-refractivity contribution is 7.82. The van der Waals surface area contributed by atoms with E-state index in [4.69, 9.17) is 15.2 Å². The Bertz CT molecular complexity index is 613. The predicted octanol–water partition coefficient (Wildman–Crippen LogP) is 2.16. The van der Waals surface area contributed by atoms with Crippen LogP contribution in [0.25, 0.3) is 0 Å². The molecule has 0 spiro atoms. The monoisotopic (exact) mass is 355 g/mol. The van der Waals surface area contributed by atoms with Gasteiger partial charge in [0.25, 0.3) is 0 Å². The molecule has 0 aromatic heterocycles. The fourth-order valence-electron chi connectivity index (χ4n) is 1.76. The third kappa shape index (κ3) is 5.65. The van der Waals surface area contributed by atoms with Gasteiger partial charge in [-0.15, -0.1) is 0 Å². The topological polar surface area (TPSA) is 111 Å². The van der Waals surface area contributed by atoms with Gasteiger partial charge >= 0.3 is 18.1 Å². The van der Waals surface area contributed by atoms with Gasteiger partial charge in [0.2, 0.25) is 0 Å². The summed E-state index contributed by atoms with van der Waals surface area (Å²) in [5.74, 6) is -0.661. The Labute approximate surface area is 145 Å². The Hall–Kier alpha value is -2.42. The van der Waals surface area contributed by atoms with Crippen LogP contribution in [0.5, 0.6) is 0 Å². The maximum Gasteiger partial charge on any atom is 0.408 e. The molecule has 24 heavy (non-hydrogen) atoms. The van der Waals surface area contributed by atoms with Gasteiger partial charge in [0.1, 0.15) is 5.60 Å². The fraction of sp³-hybridized carbons (Fsp3) is 0.400. The molecular formula is C15H21N3O5S. The largest absolute Gasteiger partial charge is 0.467 e. The number of amides is 3. The summed E-state index contributed by atoms with van der Waals surface area (Å²) in [5.41, 5.74) is 5.28. The van der Waals surface area contributed by atoms with E-state index < -0.39 is 29.7 Å². The number of primary amides is 1. The van der Waals surface area contributed by atoms with Gasteiger partial charge in [-0.2, -0.15) is 0 Å². The van der Waals surface area contributed by atoms with E-state index in [1.807, 2.05) is 0 Å². The number of thiol groups is 1. The van der Waals surface area contributed by atoms with Gasteiger partial charge in [-0.1, -0.05) is 24.9 Å². The lowest BCUT2D eigenvalue weighted by Gasteiger charge is -2.23. The van der Waals surface area contributed by atoms with Crippen molar-refractivity contribution >= 4 is 36.6 Å². The lowest BCUT2D eigenvalue weighted by Crippen LogP contribution is -2.38. The molecule has 1 aromatic rings. The highest BCUT2D eigenvalue weighted by atomic mass is 32.1. The van der Waals surface area contributed by atoms with Crippen LogP contribution in [0.3, 0.4) is 0 Å². The zero-order valence-corrected chi connectivity index (χ0v) is 14.8. The number of anilines is 1. The van der Waals surface area contributed by atoms with Crippen molar-refractivity contribution in [1.29, 1.82) is 0 Å². The Morgan fingerprint density at radius 3 is 2.17 bits per heavy atom. The highest BCUT2D eigenvalue weighted by Crippen LogP contribution is 2.22. The Morgan fingerprint density at radius 1 is 1.21 bits per heavy atom. The maximum atomic E-state index is 11.9. The average Bonchev–Trinajstić information content (AvgIpc) is 2.49. The van der Waals surface area contributed by atoms with Crippen molar-refractivity contribution in [3.05, 3.63) is 29.8 Å². The summed E-state index contributed by atoms with van der Waals surface area (Å²) >= 11 is 3.94. The molecule has 0 fully saturated rings. The number of hydrogen-bond acceptors (Lipinski definition) is 6. The standard InChI is InChI=1S/C15H21N3O5S/c1-15(2,3)23-14(21)17-11(12(19)22-4)9-5-7-10(8-6-9)18(24)13(16)20/h5-8,11,24H,1-4H3,(H2,16,20)(H,17,21). The van der Waals surface area contributed by atoms with Crippen LogP contribution in [0.2, 0.25) is 0 Å². The summed E-state index contributed by atoms with van der Waals surface area (Å²) in [6, 6.07) is 4.34. The van der Waals surface area contributed by atoms with E-state index in [1.54, 1.807) is 32.9 Å². The van der Waals surface area contributed by atoms with Crippen LogP contribution >= 0.6 is 12.8 Å². The molecule has 3 N–H and O–H groups in total. The molecule has 8 nitrogen and oxygen atoms in total. The van der Waals surface area contributed by atoms with E-state index in [1.165, 1.54) is 19.2 Å². The molecule has 0 heterocycles. The number of benzene rings is 1. The smallest absolute Gasteiger partial charge is 0.408 e. The van der Waals surface area contributed by atoms with Crippen LogP contribution in [0, 0.1) is 0 Å². The summed E-state index contributed by atoms with van der Waals surface area (Å²) in [5, 5.41) is 2.45. The number of methoxy groups -OCH3 is 1. The van der Waals surface area contributed by atoms with Crippen LogP contribution in [0.4, 0.5) is 15.3 Å². The minimum absolute atomic E-state index is 0.412. The van der Waals surface area contributed by atoms with Gasteiger partial charge in [0.15, 0.2) is 6.04 Å². The average molecular weight is 355 g/mol. The van der Waals surface area contributed by atoms with Crippen molar-refractivity contribution < 1.29 is 23.9 Å². The Morgan fingerprint density at radius 2 is 1.75 bits per heavy atom. The number of carbonyl (C=O) groups excluding carboxylic acids is 3. The number of carbonyl (C=O) groups is 3. The molecule has 1 atom stereocenters. The number of hydrogen-bond donors (Lipinski definition) is 3. The van der Waals surface area contributed by atoms with E-state index >= 15 is 0 Å². The molecule has 3 amide bonds. The molecule has 0 saturated heterocycles. The van der Waals surface area contributed by atoms with Gasteiger partial charge in [-0.3, -0.25) is 0 Å². The van der Waals surface area contributed by atoms with Crippen molar-refractivity contribution in [1.82, 2.24) is 5.32 Å². The van der Waals surface area contributed by atoms with Crippen LogP contribution in [-0.2, 0) is 14.3 Å². The summed E-state index contributed by atoms with van der Waals surface area (Å²) in [6.07, 6.45) is -0.755. The normalized spacial score (nSPS) is 12.0. The zero-order chi connectivity index (χ0) is 18.5. The van der Waals surface area contributed by atoms with Gasteiger partial charge in [0.05, 0.1) is 12.8 Å². The summed E-state index contributed by atoms with van der Waals surface area (Å²) < 4.78 is 10.8. The molecule has 9 heteroatoms. The molecule has 0 saturated carbocycles. The third-order valence-electron chi connectivity index (χ3n) is 2.78. The summed E-state index contributed by atoms with van der Waals surface area (Å²) in [6.45, 7) is 5.12.